The van der Waals surface area contributed by atoms with Gasteiger partial charge in [0.25, 0.3) is 0 Å². The van der Waals surface area contributed by atoms with Crippen LogP contribution in [0.1, 0.15) is 0 Å². The summed E-state index contributed by atoms with van der Waals surface area (Å²) in [5, 5.41) is 0. The van der Waals surface area contributed by atoms with Crippen LogP contribution < -0.4 is 0 Å². The number of halogens is 1. The smallest absolute Gasteiger partial charge is 0.0992 e. The summed E-state index contributed by atoms with van der Waals surface area (Å²) < 4.78 is 0. The predicted octanol–water partition coefficient (Wildman–Crippen LogP) is 0.203. The van der Waals surface area contributed by atoms with Crippen LogP contribution >= 0.6 is 15.3 Å². The van der Waals surface area contributed by atoms with Gasteiger partial charge in [0.05, 0.1) is 6.93 Å². The van der Waals surface area contributed by atoms with Crippen molar-refractivity contribution >= 4 is 31.3 Å². The minimum Gasteiger partial charge on any atom is -0.135 e. The van der Waals surface area contributed by atoms with Crippen molar-refractivity contribution in [1.29, 1.82) is 0 Å². The van der Waals surface area contributed by atoms with E-state index < -0.39 is 0 Å². The summed E-state index contributed by atoms with van der Waals surface area (Å²) in [6.07, 6.45) is 0. The molecular formula is C2H7BrSi2. The average molecular weight is 167 g/mol. The van der Waals surface area contributed by atoms with Gasteiger partial charge in [-0.2, -0.15) is 0 Å². The van der Waals surface area contributed by atoms with Crippen LogP contribution in [0.4, 0.5) is 0 Å². The van der Waals surface area contributed by atoms with Crippen molar-refractivity contribution in [1.82, 2.24) is 0 Å². The van der Waals surface area contributed by atoms with Crippen LogP contribution in [0.2, 0.25) is 12.1 Å². The van der Waals surface area contributed by atoms with Crippen molar-refractivity contribution in [2.24, 2.45) is 0 Å². The molecule has 0 nitrogen and oxygen atoms in total. The van der Waals surface area contributed by atoms with Crippen molar-refractivity contribution in [2.45, 2.75) is 12.1 Å². The van der Waals surface area contributed by atoms with Crippen LogP contribution in [0.5, 0.6) is 0 Å². The molecule has 5 heavy (non-hydrogen) atoms. The van der Waals surface area contributed by atoms with Gasteiger partial charge in [-0.25, -0.2) is 0 Å². The fourth-order valence-corrected chi connectivity index (χ4v) is 9.05. The van der Waals surface area contributed by atoms with Crippen molar-refractivity contribution in [3.63, 3.8) is 0 Å². The molecule has 0 spiro atoms. The normalized spacial score (nSPS) is 41.4. The van der Waals surface area contributed by atoms with Gasteiger partial charge in [-0.15, -0.1) is 15.3 Å². The third-order valence-corrected chi connectivity index (χ3v) is 14.2. The van der Waals surface area contributed by atoms with Gasteiger partial charge in [0.1, 0.15) is 0 Å². The zero-order valence-electron chi connectivity index (χ0n) is 3.08. The van der Waals surface area contributed by atoms with Gasteiger partial charge < -0.3 is 0 Å². The van der Waals surface area contributed by atoms with E-state index in [4.69, 9.17) is 0 Å². The highest BCUT2D eigenvalue weighted by atomic mass is 79.9. The summed E-state index contributed by atoms with van der Waals surface area (Å²) in [5.74, 6) is 0. The number of hydrogen-bond acceptors (Lipinski definition) is 0. The highest BCUT2D eigenvalue weighted by Crippen LogP contribution is 2.14. The highest BCUT2D eigenvalue weighted by Gasteiger charge is 2.14. The van der Waals surface area contributed by atoms with Gasteiger partial charge in [0.2, 0.25) is 0 Å². The van der Waals surface area contributed by atoms with Gasteiger partial charge in [-0.1, -0.05) is 12.1 Å². The highest BCUT2D eigenvalue weighted by molar-refractivity contribution is 9.26. The second kappa shape index (κ2) is 1.57. The van der Waals surface area contributed by atoms with E-state index >= 15 is 0 Å². The average Bonchev–Trinajstić information content (AvgIpc) is 1.30. The van der Waals surface area contributed by atoms with Crippen molar-refractivity contribution in [3.8, 4) is 0 Å². The van der Waals surface area contributed by atoms with Gasteiger partial charge in [-0.3, -0.25) is 0 Å². The lowest BCUT2D eigenvalue weighted by Crippen LogP contribution is -2.24. The molecule has 1 saturated heterocycles. The lowest BCUT2D eigenvalue weighted by atomic mass is 10.9. The first-order valence-corrected chi connectivity index (χ1v) is 10.3. The lowest BCUT2D eigenvalue weighted by Gasteiger charge is -2.13. The maximum Gasteiger partial charge on any atom is 0.0992 e. The van der Waals surface area contributed by atoms with Gasteiger partial charge in [0.15, 0.2) is 0 Å². The van der Waals surface area contributed by atoms with Crippen molar-refractivity contribution < 1.29 is 0 Å². The summed E-state index contributed by atoms with van der Waals surface area (Å²) in [5.41, 5.74) is 0. The molecule has 1 unspecified atom stereocenters. The molecule has 1 rings (SSSR count). The van der Waals surface area contributed by atoms with E-state index in [0.29, 0.717) is 9.04 Å². The second-order valence-corrected chi connectivity index (χ2v) is 16.7. The summed E-state index contributed by atoms with van der Waals surface area (Å²) >= 11 is 3.66. The van der Waals surface area contributed by atoms with Crippen molar-refractivity contribution in [3.05, 3.63) is 0 Å². The topological polar surface area (TPSA) is 0 Å². The standard InChI is InChI=1S/C2H7BrSi2/c3-5-2-1-4-5/h5H,1-2,4H2. The molecule has 0 saturated carbocycles. The summed E-state index contributed by atoms with van der Waals surface area (Å²) in [7, 11) is 0.585. The Hall–Kier alpha value is 0.914. The molecule has 0 radical (unpaired) electrons. The summed E-state index contributed by atoms with van der Waals surface area (Å²) in [4.78, 5) is 0. The van der Waals surface area contributed by atoms with E-state index in [0.717, 1.165) is 0 Å². The minimum atomic E-state index is -0.0177. The molecule has 1 heterocycles. The Labute approximate surface area is 43.8 Å². The van der Waals surface area contributed by atoms with Gasteiger partial charge in [-0.05, 0) is 0 Å². The molecule has 0 N–H and O–H groups in total. The Bertz CT molecular complexity index is 34.6. The summed E-state index contributed by atoms with van der Waals surface area (Å²) in [6, 6.07) is 3.24. The fourth-order valence-electron chi connectivity index (χ4n) is 0.358. The molecule has 0 amide bonds. The Morgan fingerprint density at radius 3 is 2.20 bits per heavy atom. The molecule has 1 aliphatic rings. The minimum absolute atomic E-state index is 0.0177. The monoisotopic (exact) mass is 166 g/mol. The molecule has 0 bridgehead atoms. The van der Waals surface area contributed by atoms with Crippen LogP contribution in [0.3, 0.4) is 0 Å². The molecule has 0 aliphatic carbocycles. The van der Waals surface area contributed by atoms with Gasteiger partial charge >= 0.3 is 0 Å². The predicted molar refractivity (Wildman–Crippen MR) is 34.2 cm³/mol. The van der Waals surface area contributed by atoms with Crippen molar-refractivity contribution in [2.75, 3.05) is 0 Å². The maximum absolute atomic E-state index is 3.66. The SMILES string of the molecule is Br[SiH]1CC[SiH2]1. The fraction of sp³-hybridized carbons (Fsp3) is 1.00. The van der Waals surface area contributed by atoms with Crippen LogP contribution in [0.15, 0.2) is 0 Å². The van der Waals surface area contributed by atoms with Crippen LogP contribution in [-0.2, 0) is 0 Å². The number of rotatable bonds is 0. The molecular weight excluding hydrogens is 160 g/mol. The second-order valence-electron chi connectivity index (χ2n) is 1.53. The quantitative estimate of drug-likeness (QED) is 0.357. The molecule has 3 heteroatoms. The van der Waals surface area contributed by atoms with E-state index in [-0.39, 0.29) is 6.93 Å². The van der Waals surface area contributed by atoms with Gasteiger partial charge in [0, 0.05) is 9.04 Å². The first kappa shape index (κ1) is 4.08. The van der Waals surface area contributed by atoms with E-state index in [1.807, 2.05) is 0 Å². The van der Waals surface area contributed by atoms with E-state index in [2.05, 4.69) is 15.3 Å². The maximum atomic E-state index is 3.66. The lowest BCUT2D eigenvalue weighted by molar-refractivity contribution is 1.39. The van der Waals surface area contributed by atoms with E-state index in [1.54, 1.807) is 12.1 Å². The molecule has 0 aromatic heterocycles. The van der Waals surface area contributed by atoms with Crippen LogP contribution in [-0.4, -0.2) is 16.0 Å². The van der Waals surface area contributed by atoms with Crippen LogP contribution in [0, 0.1) is 0 Å². The molecule has 30 valence electrons. The zero-order chi connectivity index (χ0) is 3.70. The summed E-state index contributed by atoms with van der Waals surface area (Å²) in [6.45, 7) is -0.0177. The number of hydrogen-bond donors (Lipinski definition) is 0. The molecule has 1 aliphatic heterocycles. The largest absolute Gasteiger partial charge is 0.135 e. The third-order valence-electron chi connectivity index (χ3n) is 1.03. The van der Waals surface area contributed by atoms with Crippen LogP contribution in [0.25, 0.3) is 0 Å². The Balaban J connectivity index is 2.08. The Morgan fingerprint density at radius 1 is 1.80 bits per heavy atom. The third kappa shape index (κ3) is 0.873. The first-order chi connectivity index (χ1) is 2.39. The van der Waals surface area contributed by atoms with E-state index in [1.165, 1.54) is 0 Å². The Kier molecular flexibility index (Phi) is 1.29. The molecule has 1 atom stereocenters. The molecule has 1 fully saturated rings. The molecule has 0 aromatic carbocycles. The molecule has 0 aromatic rings. The Morgan fingerprint density at radius 2 is 2.20 bits per heavy atom. The van der Waals surface area contributed by atoms with E-state index in [9.17, 15) is 0 Å². The zero-order valence-corrected chi connectivity index (χ0v) is 7.23. The first-order valence-electron chi connectivity index (χ1n) is 2.03.